The molecule has 0 amide bonds. The molecule has 4 heteroatoms. The lowest BCUT2D eigenvalue weighted by molar-refractivity contribution is 0.217. The van der Waals surface area contributed by atoms with E-state index >= 15 is 0 Å². The van der Waals surface area contributed by atoms with Gasteiger partial charge in [-0.3, -0.25) is 0 Å². The molecule has 4 nitrogen and oxygen atoms in total. The summed E-state index contributed by atoms with van der Waals surface area (Å²) in [6, 6.07) is 15.5. The molecule has 0 aliphatic rings. The van der Waals surface area contributed by atoms with E-state index < -0.39 is 0 Å². The van der Waals surface area contributed by atoms with Gasteiger partial charge in [-0.15, -0.1) is 0 Å². The predicted octanol–water partition coefficient (Wildman–Crippen LogP) is 4.25. The second-order valence-electron chi connectivity index (χ2n) is 6.28. The Balaban J connectivity index is 1.77. The number of hydrogen-bond acceptors (Lipinski definition) is 4. The van der Waals surface area contributed by atoms with Gasteiger partial charge < -0.3 is 14.7 Å². The highest BCUT2D eigenvalue weighted by molar-refractivity contribution is 5.79. The number of ether oxygens (including phenoxy) is 2. The van der Waals surface area contributed by atoms with Crippen LogP contribution in [0.3, 0.4) is 0 Å². The molecule has 0 fully saturated rings. The second kappa shape index (κ2) is 7.68. The third-order valence-electron chi connectivity index (χ3n) is 3.43. The summed E-state index contributed by atoms with van der Waals surface area (Å²) < 4.78 is 11.3. The Morgan fingerprint density at radius 2 is 1.35 bits per heavy atom. The fourth-order valence-electron chi connectivity index (χ4n) is 2.09. The van der Waals surface area contributed by atoms with E-state index in [4.69, 9.17) is 14.7 Å². The monoisotopic (exact) mass is 313 g/mol. The van der Waals surface area contributed by atoms with Gasteiger partial charge in [-0.2, -0.15) is 0 Å². The Labute approximate surface area is 137 Å². The molecule has 0 bridgehead atoms. The van der Waals surface area contributed by atoms with E-state index in [1.54, 1.807) is 0 Å². The van der Waals surface area contributed by atoms with Crippen molar-refractivity contribution in [3.63, 3.8) is 0 Å². The van der Waals surface area contributed by atoms with E-state index in [1.165, 1.54) is 11.8 Å². The normalized spacial score (nSPS) is 11.6. The number of rotatable bonds is 6. The third kappa shape index (κ3) is 5.33. The summed E-state index contributed by atoms with van der Waals surface area (Å²) in [6.07, 6.45) is 1.37. The van der Waals surface area contributed by atoms with E-state index in [-0.39, 0.29) is 5.41 Å². The highest BCUT2D eigenvalue weighted by atomic mass is 16.5. The largest absolute Gasteiger partial charge is 0.490 e. The van der Waals surface area contributed by atoms with Crippen LogP contribution in [-0.4, -0.2) is 24.6 Å². The molecule has 0 saturated heterocycles. The molecular formula is C19H23NO3. The van der Waals surface area contributed by atoms with Crippen molar-refractivity contribution in [3.8, 4) is 11.5 Å². The van der Waals surface area contributed by atoms with Crippen LogP contribution < -0.4 is 9.47 Å². The van der Waals surface area contributed by atoms with Crippen LogP contribution in [0.25, 0.3) is 0 Å². The maximum Gasteiger partial charge on any atom is 0.122 e. The van der Waals surface area contributed by atoms with Crippen LogP contribution >= 0.6 is 0 Å². The van der Waals surface area contributed by atoms with Gasteiger partial charge in [0.2, 0.25) is 0 Å². The number of nitrogens with zero attached hydrogens (tertiary/aromatic N) is 1. The van der Waals surface area contributed by atoms with Gasteiger partial charge in [0.25, 0.3) is 0 Å². The highest BCUT2D eigenvalue weighted by Gasteiger charge is 2.12. The molecule has 0 aromatic heterocycles. The smallest absolute Gasteiger partial charge is 0.122 e. The minimum atomic E-state index is 0.147. The summed E-state index contributed by atoms with van der Waals surface area (Å²) in [5, 5.41) is 11.4. The van der Waals surface area contributed by atoms with E-state index in [0.29, 0.717) is 13.2 Å². The van der Waals surface area contributed by atoms with Crippen molar-refractivity contribution < 1.29 is 14.7 Å². The average Bonchev–Trinajstić information content (AvgIpc) is 2.53. The minimum absolute atomic E-state index is 0.147. The fraction of sp³-hybridized carbons (Fsp3) is 0.316. The van der Waals surface area contributed by atoms with Gasteiger partial charge in [0.05, 0.1) is 6.21 Å². The average molecular weight is 313 g/mol. The Kier molecular flexibility index (Phi) is 5.63. The van der Waals surface area contributed by atoms with Gasteiger partial charge in [0.1, 0.15) is 24.7 Å². The molecule has 2 rings (SSSR count). The summed E-state index contributed by atoms with van der Waals surface area (Å²) in [7, 11) is 0. The van der Waals surface area contributed by atoms with Crippen LogP contribution in [0.4, 0.5) is 0 Å². The molecule has 0 aliphatic heterocycles. The van der Waals surface area contributed by atoms with Crippen LogP contribution in [0.2, 0.25) is 0 Å². The standard InChI is InChI=1S/C19H23NO3/c1-19(2,3)16-6-10-18(11-7-16)23-13-12-22-17-8-4-15(5-9-17)14-20-21/h4-11,14,21H,12-13H2,1-3H3. The van der Waals surface area contributed by atoms with E-state index in [9.17, 15) is 0 Å². The van der Waals surface area contributed by atoms with Crippen molar-refractivity contribution >= 4 is 6.21 Å². The minimum Gasteiger partial charge on any atom is -0.490 e. The van der Waals surface area contributed by atoms with Crippen molar-refractivity contribution in [2.24, 2.45) is 5.16 Å². The van der Waals surface area contributed by atoms with Crippen LogP contribution in [-0.2, 0) is 5.41 Å². The molecule has 0 spiro atoms. The molecule has 0 saturated carbocycles. The SMILES string of the molecule is CC(C)(C)c1ccc(OCCOc2ccc(C=NO)cc2)cc1. The van der Waals surface area contributed by atoms with E-state index in [1.807, 2.05) is 36.4 Å². The Bertz CT molecular complexity index is 625. The van der Waals surface area contributed by atoms with E-state index in [2.05, 4.69) is 38.1 Å². The van der Waals surface area contributed by atoms with E-state index in [0.717, 1.165) is 17.1 Å². The van der Waals surface area contributed by atoms with Crippen LogP contribution in [0.5, 0.6) is 11.5 Å². The van der Waals surface area contributed by atoms with Gasteiger partial charge in [-0.1, -0.05) is 38.1 Å². The Morgan fingerprint density at radius 1 is 0.870 bits per heavy atom. The quantitative estimate of drug-likeness (QED) is 0.375. The van der Waals surface area contributed by atoms with Crippen LogP contribution in [0, 0.1) is 0 Å². The molecule has 2 aromatic carbocycles. The Hall–Kier alpha value is -2.49. The molecule has 0 unspecified atom stereocenters. The number of oxime groups is 1. The number of hydrogen-bond donors (Lipinski definition) is 1. The summed E-state index contributed by atoms with van der Waals surface area (Å²) >= 11 is 0. The van der Waals surface area contributed by atoms with Gasteiger partial charge in [0.15, 0.2) is 0 Å². The molecule has 2 aromatic rings. The summed E-state index contributed by atoms with van der Waals surface area (Å²) in [6.45, 7) is 7.51. The zero-order valence-electron chi connectivity index (χ0n) is 13.8. The molecular weight excluding hydrogens is 290 g/mol. The van der Waals surface area contributed by atoms with Crippen molar-refractivity contribution in [3.05, 3.63) is 59.7 Å². The first-order chi connectivity index (χ1) is 11.0. The van der Waals surface area contributed by atoms with Crippen molar-refractivity contribution in [1.82, 2.24) is 0 Å². The summed E-state index contributed by atoms with van der Waals surface area (Å²) in [5.74, 6) is 1.60. The molecule has 0 heterocycles. The highest BCUT2D eigenvalue weighted by Crippen LogP contribution is 2.24. The zero-order chi connectivity index (χ0) is 16.7. The van der Waals surface area contributed by atoms with Gasteiger partial charge >= 0.3 is 0 Å². The first-order valence-electron chi connectivity index (χ1n) is 7.63. The molecule has 1 N–H and O–H groups in total. The molecule has 23 heavy (non-hydrogen) atoms. The van der Waals surface area contributed by atoms with Crippen molar-refractivity contribution in [1.29, 1.82) is 0 Å². The fourth-order valence-corrected chi connectivity index (χ4v) is 2.09. The van der Waals surface area contributed by atoms with Crippen LogP contribution in [0.15, 0.2) is 53.7 Å². The Morgan fingerprint density at radius 3 is 1.78 bits per heavy atom. The van der Waals surface area contributed by atoms with Gasteiger partial charge in [0, 0.05) is 0 Å². The second-order valence-corrected chi connectivity index (χ2v) is 6.28. The van der Waals surface area contributed by atoms with Crippen LogP contribution in [0.1, 0.15) is 31.9 Å². The van der Waals surface area contributed by atoms with Gasteiger partial charge in [-0.05, 0) is 52.9 Å². The maximum absolute atomic E-state index is 8.45. The predicted molar refractivity (Wildman–Crippen MR) is 92.0 cm³/mol. The molecule has 0 atom stereocenters. The zero-order valence-corrected chi connectivity index (χ0v) is 13.8. The summed E-state index contributed by atoms with van der Waals surface area (Å²) in [4.78, 5) is 0. The van der Waals surface area contributed by atoms with Crippen molar-refractivity contribution in [2.45, 2.75) is 26.2 Å². The third-order valence-corrected chi connectivity index (χ3v) is 3.43. The lowest BCUT2D eigenvalue weighted by atomic mass is 9.87. The van der Waals surface area contributed by atoms with Crippen molar-refractivity contribution in [2.75, 3.05) is 13.2 Å². The maximum atomic E-state index is 8.45. The lowest BCUT2D eigenvalue weighted by Crippen LogP contribution is -2.11. The molecule has 0 radical (unpaired) electrons. The first kappa shape index (κ1) is 16.9. The molecule has 0 aliphatic carbocycles. The topological polar surface area (TPSA) is 51.0 Å². The molecule has 122 valence electrons. The summed E-state index contributed by atoms with van der Waals surface area (Å²) in [5.41, 5.74) is 2.25. The first-order valence-corrected chi connectivity index (χ1v) is 7.63. The lowest BCUT2D eigenvalue weighted by Gasteiger charge is -2.19. The number of benzene rings is 2. The van der Waals surface area contributed by atoms with Gasteiger partial charge in [-0.25, -0.2) is 0 Å².